The fraction of sp³-hybridized carbons (Fsp3) is 0.222. The van der Waals surface area contributed by atoms with E-state index in [1.54, 1.807) is 19.2 Å². The molecule has 5 nitrogen and oxygen atoms in total. The number of sulfone groups is 1. The van der Waals surface area contributed by atoms with Crippen LogP contribution in [-0.2, 0) is 23.3 Å². The third-order valence-corrected chi connectivity index (χ3v) is 6.80. The van der Waals surface area contributed by atoms with Gasteiger partial charge in [-0.25, -0.2) is 17.2 Å². The minimum Gasteiger partial charge on any atom is -0.301 e. The molecule has 0 aliphatic heterocycles. The van der Waals surface area contributed by atoms with Crippen molar-refractivity contribution in [3.63, 3.8) is 0 Å². The summed E-state index contributed by atoms with van der Waals surface area (Å²) in [5.74, 6) is -1.08. The van der Waals surface area contributed by atoms with Crippen molar-refractivity contribution in [2.75, 3.05) is 0 Å². The Hall–Kier alpha value is -2.61. The van der Waals surface area contributed by atoms with Gasteiger partial charge >= 0.3 is 0 Å². The van der Waals surface area contributed by atoms with Gasteiger partial charge in [-0.1, -0.05) is 30.3 Å². The van der Waals surface area contributed by atoms with Crippen molar-refractivity contribution < 1.29 is 17.2 Å². The van der Waals surface area contributed by atoms with Gasteiger partial charge in [0.15, 0.2) is 5.82 Å². The van der Waals surface area contributed by atoms with E-state index in [1.165, 1.54) is 4.57 Å². The molecule has 8 heteroatoms. The second-order valence-corrected chi connectivity index (χ2v) is 8.28. The van der Waals surface area contributed by atoms with E-state index in [2.05, 4.69) is 10.2 Å². The van der Waals surface area contributed by atoms with Gasteiger partial charge in [0.05, 0.1) is 5.25 Å². The van der Waals surface area contributed by atoms with Crippen LogP contribution in [0.25, 0.3) is 11.4 Å². The molecule has 0 unspecified atom stereocenters. The zero-order valence-corrected chi connectivity index (χ0v) is 14.7. The van der Waals surface area contributed by atoms with Crippen molar-refractivity contribution in [2.45, 2.75) is 23.2 Å². The highest BCUT2D eigenvalue weighted by molar-refractivity contribution is 7.91. The summed E-state index contributed by atoms with van der Waals surface area (Å²) in [5, 5.41) is 6.62. The van der Waals surface area contributed by atoms with Gasteiger partial charge in [-0.2, -0.15) is 0 Å². The lowest BCUT2D eigenvalue weighted by atomic mass is 10.1. The summed E-state index contributed by atoms with van der Waals surface area (Å²) in [6.45, 7) is 0. The predicted octanol–water partition coefficient (Wildman–Crippen LogP) is 3.22. The highest BCUT2D eigenvalue weighted by Gasteiger charge is 2.39. The maximum Gasteiger partial charge on any atom is 0.250 e. The molecule has 26 heavy (non-hydrogen) atoms. The van der Waals surface area contributed by atoms with Crippen LogP contribution in [0.3, 0.4) is 0 Å². The summed E-state index contributed by atoms with van der Waals surface area (Å²) in [4.78, 5) is 0. The molecular formula is C18H15F2N3O2S. The first-order chi connectivity index (χ1) is 12.4. The standard InChI is InChI=1S/C18H15F2N3O2S/c1-23-17(11-5-3-2-4-6-11)21-22-18(23)26(24,25)16-8-7-13-14(16)9-12(19)10-15(13)20/h2-6,9-10,16H,7-8H2,1H3/t16-/m0/s1. The first kappa shape index (κ1) is 16.8. The Labute approximate surface area is 149 Å². The van der Waals surface area contributed by atoms with Crippen LogP contribution < -0.4 is 0 Å². The Balaban J connectivity index is 1.80. The number of fused-ring (bicyclic) bond motifs is 1. The molecule has 1 atom stereocenters. The molecule has 0 radical (unpaired) electrons. The molecule has 0 amide bonds. The van der Waals surface area contributed by atoms with Crippen molar-refractivity contribution in [3.05, 3.63) is 65.2 Å². The van der Waals surface area contributed by atoms with Crippen LogP contribution in [0.1, 0.15) is 22.8 Å². The zero-order chi connectivity index (χ0) is 18.5. The van der Waals surface area contributed by atoms with E-state index in [1.807, 2.05) is 18.2 Å². The molecule has 0 saturated heterocycles. The molecular weight excluding hydrogens is 360 g/mol. The quantitative estimate of drug-likeness (QED) is 0.705. The molecule has 3 aromatic rings. The van der Waals surface area contributed by atoms with Gasteiger partial charge in [0.2, 0.25) is 15.0 Å². The summed E-state index contributed by atoms with van der Waals surface area (Å²) >= 11 is 0. The largest absolute Gasteiger partial charge is 0.301 e. The number of hydrogen-bond donors (Lipinski definition) is 0. The van der Waals surface area contributed by atoms with Gasteiger partial charge in [0.1, 0.15) is 11.6 Å². The normalized spacial score (nSPS) is 16.7. The van der Waals surface area contributed by atoms with Crippen LogP contribution in [0.5, 0.6) is 0 Å². The second kappa shape index (κ2) is 5.98. The van der Waals surface area contributed by atoms with Crippen molar-refractivity contribution in [3.8, 4) is 11.4 Å². The van der Waals surface area contributed by atoms with Crippen molar-refractivity contribution in [1.82, 2.24) is 14.8 Å². The summed E-state index contributed by atoms with van der Waals surface area (Å²) < 4.78 is 55.2. The van der Waals surface area contributed by atoms with Gasteiger partial charge in [-0.05, 0) is 30.0 Å². The third kappa shape index (κ3) is 2.52. The molecule has 0 fully saturated rings. The molecule has 0 N–H and O–H groups in total. The van der Waals surface area contributed by atoms with Crippen LogP contribution in [0.15, 0.2) is 47.6 Å². The summed E-state index contributed by atoms with van der Waals surface area (Å²) in [6.07, 6.45) is 0.431. The van der Waals surface area contributed by atoms with E-state index >= 15 is 0 Å². The minimum atomic E-state index is -3.95. The number of benzene rings is 2. The maximum atomic E-state index is 14.0. The van der Waals surface area contributed by atoms with Crippen LogP contribution in [0.4, 0.5) is 8.78 Å². The monoisotopic (exact) mass is 375 g/mol. The van der Waals surface area contributed by atoms with E-state index in [4.69, 9.17) is 0 Å². The Morgan fingerprint density at radius 3 is 2.58 bits per heavy atom. The Morgan fingerprint density at radius 2 is 1.85 bits per heavy atom. The first-order valence-electron chi connectivity index (χ1n) is 8.06. The van der Waals surface area contributed by atoms with Crippen LogP contribution in [0.2, 0.25) is 0 Å². The first-order valence-corrected chi connectivity index (χ1v) is 9.60. The molecule has 1 heterocycles. The van der Waals surface area contributed by atoms with Crippen LogP contribution >= 0.6 is 0 Å². The van der Waals surface area contributed by atoms with Gasteiger partial charge in [0, 0.05) is 18.7 Å². The van der Waals surface area contributed by atoms with Crippen molar-refractivity contribution in [1.29, 1.82) is 0 Å². The highest BCUT2D eigenvalue weighted by Crippen LogP contribution is 2.41. The SMILES string of the molecule is Cn1c(-c2ccccc2)nnc1S(=O)(=O)[C@H]1CCc2c(F)cc(F)cc21. The number of halogens is 2. The predicted molar refractivity (Wildman–Crippen MR) is 91.0 cm³/mol. The van der Waals surface area contributed by atoms with Crippen molar-refractivity contribution in [2.24, 2.45) is 7.05 Å². The minimum absolute atomic E-state index is 0.173. The topological polar surface area (TPSA) is 64.8 Å². The Morgan fingerprint density at radius 1 is 1.12 bits per heavy atom. The van der Waals surface area contributed by atoms with Gasteiger partial charge in [-0.3, -0.25) is 0 Å². The number of nitrogens with zero attached hydrogens (tertiary/aromatic N) is 3. The lowest BCUT2D eigenvalue weighted by Crippen LogP contribution is -2.16. The average Bonchev–Trinajstić information content (AvgIpc) is 3.20. The maximum absolute atomic E-state index is 14.0. The second-order valence-electron chi connectivity index (χ2n) is 6.26. The Bertz CT molecular complexity index is 1100. The fourth-order valence-electron chi connectivity index (χ4n) is 3.46. The molecule has 0 saturated carbocycles. The van der Waals surface area contributed by atoms with Gasteiger partial charge < -0.3 is 4.57 Å². The lowest BCUT2D eigenvalue weighted by molar-refractivity contribution is 0.562. The number of rotatable bonds is 3. The molecule has 4 rings (SSSR count). The molecule has 0 spiro atoms. The van der Waals surface area contributed by atoms with E-state index in [9.17, 15) is 17.2 Å². The lowest BCUT2D eigenvalue weighted by Gasteiger charge is -2.13. The summed E-state index contributed by atoms with van der Waals surface area (Å²) in [6, 6.07) is 11.0. The highest BCUT2D eigenvalue weighted by atomic mass is 32.2. The van der Waals surface area contributed by atoms with E-state index in [-0.39, 0.29) is 29.1 Å². The molecule has 1 aromatic heterocycles. The smallest absolute Gasteiger partial charge is 0.250 e. The molecule has 1 aliphatic carbocycles. The van der Waals surface area contributed by atoms with Crippen molar-refractivity contribution >= 4 is 9.84 Å². The third-order valence-electron chi connectivity index (χ3n) is 4.69. The summed E-state index contributed by atoms with van der Waals surface area (Å²) in [7, 11) is -2.38. The van der Waals surface area contributed by atoms with E-state index in [0.717, 1.165) is 17.7 Å². The molecule has 134 valence electrons. The average molecular weight is 375 g/mol. The molecule has 2 aromatic carbocycles. The zero-order valence-electron chi connectivity index (χ0n) is 13.9. The number of hydrogen-bond acceptors (Lipinski definition) is 4. The van der Waals surface area contributed by atoms with Gasteiger partial charge in [-0.15, -0.1) is 10.2 Å². The Kier molecular flexibility index (Phi) is 3.87. The van der Waals surface area contributed by atoms with Crippen LogP contribution in [0, 0.1) is 11.6 Å². The summed E-state index contributed by atoms with van der Waals surface area (Å²) in [5.41, 5.74) is 1.16. The van der Waals surface area contributed by atoms with Crippen LogP contribution in [-0.4, -0.2) is 23.2 Å². The van der Waals surface area contributed by atoms with E-state index < -0.39 is 26.7 Å². The molecule has 1 aliphatic rings. The number of aromatic nitrogens is 3. The van der Waals surface area contributed by atoms with Gasteiger partial charge in [0.25, 0.3) is 0 Å². The molecule has 0 bridgehead atoms. The van der Waals surface area contributed by atoms with E-state index in [0.29, 0.717) is 5.82 Å². The fourth-order valence-corrected chi connectivity index (χ4v) is 5.31.